The van der Waals surface area contributed by atoms with Crippen molar-refractivity contribution in [3.05, 3.63) is 29.6 Å². The lowest BCUT2D eigenvalue weighted by Crippen LogP contribution is -2.06. The van der Waals surface area contributed by atoms with Gasteiger partial charge >= 0.3 is 6.18 Å². The lowest BCUT2D eigenvalue weighted by molar-refractivity contribution is -0.137. The molecule has 0 saturated heterocycles. The number of alkyl halides is 3. The lowest BCUT2D eigenvalue weighted by atomic mass is 10.2. The topological polar surface area (TPSA) is 30.0 Å². The SMILES string of the molecule is O=C(Cl)c1cncc(C(F)(F)F)c1. The summed E-state index contributed by atoms with van der Waals surface area (Å²) in [6.07, 6.45) is -2.90. The lowest BCUT2D eigenvalue weighted by Gasteiger charge is -2.05. The standard InChI is InChI=1S/C7H3ClF3NO/c8-6(13)4-1-5(3-12-2-4)7(9,10)11/h1-3H. The van der Waals surface area contributed by atoms with Crippen LogP contribution in [0.1, 0.15) is 15.9 Å². The summed E-state index contributed by atoms with van der Waals surface area (Å²) < 4.78 is 36.1. The van der Waals surface area contributed by atoms with Gasteiger partial charge in [0.25, 0.3) is 5.24 Å². The highest BCUT2D eigenvalue weighted by Crippen LogP contribution is 2.28. The smallest absolute Gasteiger partial charge is 0.276 e. The van der Waals surface area contributed by atoms with Gasteiger partial charge in [-0.15, -0.1) is 0 Å². The number of halogens is 4. The summed E-state index contributed by atoms with van der Waals surface area (Å²) in [6, 6.07) is 0.655. The average Bonchev–Trinajstić information content (AvgIpc) is 2.03. The molecule has 1 aromatic heterocycles. The molecule has 0 aliphatic heterocycles. The van der Waals surface area contributed by atoms with Gasteiger partial charge in [-0.3, -0.25) is 9.78 Å². The molecule has 0 unspecified atom stereocenters. The van der Waals surface area contributed by atoms with E-state index < -0.39 is 17.0 Å². The van der Waals surface area contributed by atoms with Gasteiger partial charge in [0.1, 0.15) is 0 Å². The van der Waals surface area contributed by atoms with Gasteiger partial charge in [0, 0.05) is 12.4 Å². The Kier molecular flexibility index (Phi) is 2.56. The molecule has 0 N–H and O–H groups in total. The highest BCUT2D eigenvalue weighted by molar-refractivity contribution is 6.67. The zero-order valence-corrected chi connectivity index (χ0v) is 6.86. The third-order valence-corrected chi connectivity index (χ3v) is 1.51. The molecule has 0 spiro atoms. The molecular weight excluding hydrogens is 207 g/mol. The Bertz CT molecular complexity index is 337. The third-order valence-electron chi connectivity index (χ3n) is 1.29. The molecule has 0 radical (unpaired) electrons. The summed E-state index contributed by atoms with van der Waals surface area (Å²) in [5.41, 5.74) is -1.25. The van der Waals surface area contributed by atoms with Crippen LogP contribution in [-0.2, 0) is 6.18 Å². The van der Waals surface area contributed by atoms with Crippen LogP contribution >= 0.6 is 11.6 Å². The van der Waals surface area contributed by atoms with E-state index in [-0.39, 0.29) is 5.56 Å². The zero-order chi connectivity index (χ0) is 10.1. The van der Waals surface area contributed by atoms with E-state index in [1.807, 2.05) is 0 Å². The Morgan fingerprint density at radius 2 is 2.00 bits per heavy atom. The van der Waals surface area contributed by atoms with E-state index in [1.165, 1.54) is 0 Å². The van der Waals surface area contributed by atoms with Crippen LogP contribution in [0.5, 0.6) is 0 Å². The van der Waals surface area contributed by atoms with Crippen molar-refractivity contribution < 1.29 is 18.0 Å². The van der Waals surface area contributed by atoms with E-state index in [4.69, 9.17) is 11.6 Å². The van der Waals surface area contributed by atoms with Gasteiger partial charge in [-0.1, -0.05) is 0 Å². The first-order chi connectivity index (χ1) is 5.91. The minimum Gasteiger partial charge on any atom is -0.276 e. The summed E-state index contributed by atoms with van der Waals surface area (Å²) in [4.78, 5) is 13.7. The normalized spacial score (nSPS) is 11.4. The second kappa shape index (κ2) is 3.33. The minimum absolute atomic E-state index is 0.267. The fourth-order valence-electron chi connectivity index (χ4n) is 0.702. The fourth-order valence-corrected chi connectivity index (χ4v) is 0.806. The molecule has 0 saturated carbocycles. The van der Waals surface area contributed by atoms with Crippen LogP contribution in [-0.4, -0.2) is 10.2 Å². The van der Waals surface area contributed by atoms with Crippen molar-refractivity contribution in [1.82, 2.24) is 4.98 Å². The van der Waals surface area contributed by atoms with Gasteiger partial charge in [-0.2, -0.15) is 13.2 Å². The van der Waals surface area contributed by atoms with E-state index in [0.29, 0.717) is 12.3 Å². The van der Waals surface area contributed by atoms with E-state index in [1.54, 1.807) is 0 Å². The predicted octanol–water partition coefficient (Wildman–Crippen LogP) is 2.48. The maximum atomic E-state index is 12.0. The summed E-state index contributed by atoms with van der Waals surface area (Å²) in [6.45, 7) is 0. The average molecular weight is 210 g/mol. The molecule has 0 aliphatic rings. The Morgan fingerprint density at radius 1 is 1.38 bits per heavy atom. The molecule has 1 heterocycles. The minimum atomic E-state index is -4.50. The Balaban J connectivity index is 3.13. The van der Waals surface area contributed by atoms with Crippen molar-refractivity contribution in [2.45, 2.75) is 6.18 Å². The fraction of sp³-hybridized carbons (Fsp3) is 0.143. The Hall–Kier alpha value is -1.10. The second-order valence-electron chi connectivity index (χ2n) is 2.23. The summed E-state index contributed by atoms with van der Waals surface area (Å²) in [5.74, 6) is 0. The van der Waals surface area contributed by atoms with Gasteiger partial charge in [0.05, 0.1) is 11.1 Å². The first-order valence-corrected chi connectivity index (χ1v) is 3.51. The molecule has 2 nitrogen and oxygen atoms in total. The Labute approximate surface area is 76.3 Å². The van der Waals surface area contributed by atoms with Gasteiger partial charge in [0.15, 0.2) is 0 Å². The summed E-state index contributed by atoms with van der Waals surface area (Å²) >= 11 is 4.98. The van der Waals surface area contributed by atoms with Crippen LogP contribution in [0, 0.1) is 0 Å². The quantitative estimate of drug-likeness (QED) is 0.665. The molecule has 0 atom stereocenters. The van der Waals surface area contributed by atoms with Gasteiger partial charge in [0.2, 0.25) is 0 Å². The molecule has 13 heavy (non-hydrogen) atoms. The van der Waals surface area contributed by atoms with Crippen LogP contribution in [0.25, 0.3) is 0 Å². The molecule has 70 valence electrons. The number of nitrogens with zero attached hydrogens (tertiary/aromatic N) is 1. The molecular formula is C7H3ClF3NO. The first-order valence-electron chi connectivity index (χ1n) is 3.13. The summed E-state index contributed by atoms with van der Waals surface area (Å²) in [5, 5.41) is -0.960. The van der Waals surface area contributed by atoms with Crippen molar-refractivity contribution in [3.63, 3.8) is 0 Å². The van der Waals surface area contributed by atoms with Crippen molar-refractivity contribution in [3.8, 4) is 0 Å². The zero-order valence-electron chi connectivity index (χ0n) is 6.10. The number of carbonyl (C=O) groups is 1. The van der Waals surface area contributed by atoms with Crippen molar-refractivity contribution >= 4 is 16.8 Å². The van der Waals surface area contributed by atoms with Crippen molar-refractivity contribution in [2.24, 2.45) is 0 Å². The number of carbonyl (C=O) groups excluding carboxylic acids is 1. The van der Waals surface area contributed by atoms with Gasteiger partial charge in [-0.25, -0.2) is 0 Å². The number of pyridine rings is 1. The molecule has 1 rings (SSSR count). The second-order valence-corrected chi connectivity index (χ2v) is 2.58. The van der Waals surface area contributed by atoms with Crippen molar-refractivity contribution in [2.75, 3.05) is 0 Å². The summed E-state index contributed by atoms with van der Waals surface area (Å²) in [7, 11) is 0. The molecule has 0 bridgehead atoms. The maximum absolute atomic E-state index is 12.0. The van der Waals surface area contributed by atoms with Gasteiger partial charge < -0.3 is 0 Å². The van der Waals surface area contributed by atoms with Crippen molar-refractivity contribution in [1.29, 1.82) is 0 Å². The first kappa shape index (κ1) is 9.98. The van der Waals surface area contributed by atoms with E-state index in [0.717, 1.165) is 6.20 Å². The van der Waals surface area contributed by atoms with Crippen LogP contribution in [0.3, 0.4) is 0 Å². The monoisotopic (exact) mass is 209 g/mol. The van der Waals surface area contributed by atoms with E-state index in [9.17, 15) is 18.0 Å². The molecule has 0 fully saturated rings. The highest BCUT2D eigenvalue weighted by Gasteiger charge is 2.31. The van der Waals surface area contributed by atoms with E-state index >= 15 is 0 Å². The number of rotatable bonds is 1. The predicted molar refractivity (Wildman–Crippen MR) is 39.4 cm³/mol. The van der Waals surface area contributed by atoms with E-state index in [2.05, 4.69) is 4.98 Å². The maximum Gasteiger partial charge on any atom is 0.417 e. The molecule has 0 aromatic carbocycles. The molecule has 1 aromatic rings. The van der Waals surface area contributed by atoms with Crippen LogP contribution in [0.4, 0.5) is 13.2 Å². The highest BCUT2D eigenvalue weighted by atomic mass is 35.5. The molecule has 6 heteroatoms. The number of hydrogen-bond acceptors (Lipinski definition) is 2. The van der Waals surface area contributed by atoms with Gasteiger partial charge in [-0.05, 0) is 17.7 Å². The van der Waals surface area contributed by atoms with Crippen LogP contribution in [0.2, 0.25) is 0 Å². The van der Waals surface area contributed by atoms with Crippen LogP contribution < -0.4 is 0 Å². The number of aromatic nitrogens is 1. The van der Waals surface area contributed by atoms with Crippen LogP contribution in [0.15, 0.2) is 18.5 Å². The Morgan fingerprint density at radius 3 is 2.46 bits per heavy atom. The number of hydrogen-bond donors (Lipinski definition) is 0. The molecule has 0 amide bonds. The largest absolute Gasteiger partial charge is 0.417 e. The molecule has 0 aliphatic carbocycles. The third kappa shape index (κ3) is 2.42.